The first-order chi connectivity index (χ1) is 9.47. The Balaban J connectivity index is 3.02. The Morgan fingerprint density at radius 3 is 2.85 bits per heavy atom. The summed E-state index contributed by atoms with van der Waals surface area (Å²) in [6, 6.07) is 4.97. The summed E-state index contributed by atoms with van der Waals surface area (Å²) in [7, 11) is 1.77. The molecule has 0 bridgehead atoms. The van der Waals surface area contributed by atoms with E-state index in [-0.39, 0.29) is 11.6 Å². The Hall–Kier alpha value is -2.36. The summed E-state index contributed by atoms with van der Waals surface area (Å²) < 4.78 is 0. The van der Waals surface area contributed by atoms with E-state index in [1.807, 2.05) is 6.92 Å². The molecule has 7 heteroatoms. The number of pyridine rings is 1. The van der Waals surface area contributed by atoms with Crippen molar-refractivity contribution in [3.63, 3.8) is 0 Å². The fraction of sp³-hybridized carbons (Fsp3) is 0.538. The molecule has 1 aromatic rings. The van der Waals surface area contributed by atoms with E-state index >= 15 is 0 Å². The Bertz CT molecular complexity index is 512. The Morgan fingerprint density at radius 2 is 2.30 bits per heavy atom. The van der Waals surface area contributed by atoms with Crippen LogP contribution in [-0.4, -0.2) is 30.0 Å². The SMILES string of the molecule is CCCNc1cc([N+](=O)[O-])cc(N(C)CC(C)C#N)n1. The van der Waals surface area contributed by atoms with Gasteiger partial charge in [-0.05, 0) is 13.3 Å². The maximum Gasteiger partial charge on any atom is 0.276 e. The minimum Gasteiger partial charge on any atom is -0.370 e. The molecule has 1 aromatic heterocycles. The quantitative estimate of drug-likeness (QED) is 0.607. The average molecular weight is 277 g/mol. The molecule has 1 rings (SSSR count). The van der Waals surface area contributed by atoms with Crippen molar-refractivity contribution in [2.45, 2.75) is 20.3 Å². The van der Waals surface area contributed by atoms with Crippen molar-refractivity contribution in [1.29, 1.82) is 5.26 Å². The molecule has 1 atom stereocenters. The fourth-order valence-corrected chi connectivity index (χ4v) is 1.69. The van der Waals surface area contributed by atoms with Gasteiger partial charge in [0.05, 0.1) is 29.0 Å². The Morgan fingerprint density at radius 1 is 1.60 bits per heavy atom. The first-order valence-corrected chi connectivity index (χ1v) is 6.49. The van der Waals surface area contributed by atoms with Crippen molar-refractivity contribution < 1.29 is 4.92 Å². The molecule has 0 aliphatic rings. The first kappa shape index (κ1) is 15.7. The zero-order chi connectivity index (χ0) is 15.1. The number of hydrogen-bond donors (Lipinski definition) is 1. The monoisotopic (exact) mass is 277 g/mol. The molecule has 7 nitrogen and oxygen atoms in total. The summed E-state index contributed by atoms with van der Waals surface area (Å²) in [4.78, 5) is 16.6. The van der Waals surface area contributed by atoms with Gasteiger partial charge in [-0.25, -0.2) is 4.98 Å². The van der Waals surface area contributed by atoms with Gasteiger partial charge in [-0.15, -0.1) is 0 Å². The summed E-state index contributed by atoms with van der Waals surface area (Å²) in [5, 5.41) is 22.8. The standard InChI is InChI=1S/C13H19N5O2/c1-4-5-15-12-6-11(18(19)20)7-13(16-12)17(3)9-10(2)8-14/h6-7,10H,4-5,9H2,1-3H3,(H,15,16). The molecule has 0 saturated carbocycles. The average Bonchev–Trinajstić information content (AvgIpc) is 2.44. The molecule has 0 aromatic carbocycles. The summed E-state index contributed by atoms with van der Waals surface area (Å²) >= 11 is 0. The van der Waals surface area contributed by atoms with Crippen LogP contribution in [0.15, 0.2) is 12.1 Å². The van der Waals surface area contributed by atoms with E-state index < -0.39 is 4.92 Å². The van der Waals surface area contributed by atoms with Gasteiger partial charge in [0.25, 0.3) is 5.69 Å². The van der Waals surface area contributed by atoms with E-state index in [0.717, 1.165) is 6.42 Å². The molecular formula is C13H19N5O2. The first-order valence-electron chi connectivity index (χ1n) is 6.49. The normalized spacial score (nSPS) is 11.5. The molecule has 0 radical (unpaired) electrons. The lowest BCUT2D eigenvalue weighted by atomic mass is 10.2. The predicted octanol–water partition coefficient (Wildman–Crippen LogP) is 2.41. The zero-order valence-corrected chi connectivity index (χ0v) is 12.0. The van der Waals surface area contributed by atoms with Crippen LogP contribution in [0.4, 0.5) is 17.3 Å². The molecule has 1 heterocycles. The highest BCUT2D eigenvalue weighted by Gasteiger charge is 2.15. The number of anilines is 2. The number of rotatable bonds is 7. The third-order valence-electron chi connectivity index (χ3n) is 2.72. The molecule has 108 valence electrons. The Kier molecular flexibility index (Phi) is 5.72. The van der Waals surface area contributed by atoms with Crippen molar-refractivity contribution in [2.75, 3.05) is 30.4 Å². The number of nitro groups is 1. The van der Waals surface area contributed by atoms with Crippen molar-refractivity contribution in [1.82, 2.24) is 4.98 Å². The lowest BCUT2D eigenvalue weighted by Gasteiger charge is -2.19. The third kappa shape index (κ3) is 4.39. The van der Waals surface area contributed by atoms with E-state index in [1.54, 1.807) is 18.9 Å². The minimum absolute atomic E-state index is 0.00920. The van der Waals surface area contributed by atoms with E-state index in [9.17, 15) is 10.1 Å². The van der Waals surface area contributed by atoms with Crippen LogP contribution in [-0.2, 0) is 0 Å². The van der Waals surface area contributed by atoms with Crippen LogP contribution in [0.3, 0.4) is 0 Å². The number of nitrogens with zero attached hydrogens (tertiary/aromatic N) is 4. The van der Waals surface area contributed by atoms with Gasteiger partial charge in [0.15, 0.2) is 0 Å². The number of nitrogens with one attached hydrogen (secondary N) is 1. The molecule has 0 spiro atoms. The smallest absolute Gasteiger partial charge is 0.276 e. The fourth-order valence-electron chi connectivity index (χ4n) is 1.69. The zero-order valence-electron chi connectivity index (χ0n) is 12.0. The number of nitriles is 1. The van der Waals surface area contributed by atoms with Gasteiger partial charge in [-0.2, -0.15) is 5.26 Å². The molecule has 1 unspecified atom stereocenters. The van der Waals surface area contributed by atoms with Crippen molar-refractivity contribution in [3.8, 4) is 6.07 Å². The highest BCUT2D eigenvalue weighted by atomic mass is 16.6. The minimum atomic E-state index is -0.441. The largest absolute Gasteiger partial charge is 0.370 e. The maximum absolute atomic E-state index is 11.0. The maximum atomic E-state index is 11.0. The molecule has 1 N–H and O–H groups in total. The molecule has 0 aliphatic carbocycles. The topological polar surface area (TPSA) is 95.1 Å². The Labute approximate surface area is 118 Å². The van der Waals surface area contributed by atoms with Crippen LogP contribution < -0.4 is 10.2 Å². The second kappa shape index (κ2) is 7.28. The third-order valence-corrected chi connectivity index (χ3v) is 2.72. The highest BCUT2D eigenvalue weighted by molar-refractivity contribution is 5.55. The summed E-state index contributed by atoms with van der Waals surface area (Å²) in [5.74, 6) is 0.792. The summed E-state index contributed by atoms with van der Waals surface area (Å²) in [6.07, 6.45) is 0.904. The predicted molar refractivity (Wildman–Crippen MR) is 77.7 cm³/mol. The number of hydrogen-bond acceptors (Lipinski definition) is 6. The lowest BCUT2D eigenvalue weighted by molar-refractivity contribution is -0.384. The van der Waals surface area contributed by atoms with Crippen LogP contribution >= 0.6 is 0 Å². The van der Waals surface area contributed by atoms with E-state index in [4.69, 9.17) is 5.26 Å². The molecule has 0 amide bonds. The van der Waals surface area contributed by atoms with Crippen LogP contribution in [0, 0.1) is 27.4 Å². The molecule has 20 heavy (non-hydrogen) atoms. The molecule has 0 saturated heterocycles. The molecular weight excluding hydrogens is 258 g/mol. The lowest BCUT2D eigenvalue weighted by Crippen LogP contribution is -2.24. The van der Waals surface area contributed by atoms with Crippen LogP contribution in [0.2, 0.25) is 0 Å². The van der Waals surface area contributed by atoms with Gasteiger partial charge in [-0.1, -0.05) is 6.92 Å². The molecule has 0 fully saturated rings. The van der Waals surface area contributed by atoms with Gasteiger partial charge in [0.1, 0.15) is 11.6 Å². The van der Waals surface area contributed by atoms with Gasteiger partial charge >= 0.3 is 0 Å². The molecule has 0 aliphatic heterocycles. The van der Waals surface area contributed by atoms with E-state index in [2.05, 4.69) is 16.4 Å². The highest BCUT2D eigenvalue weighted by Crippen LogP contribution is 2.23. The van der Waals surface area contributed by atoms with Gasteiger partial charge in [-0.3, -0.25) is 10.1 Å². The van der Waals surface area contributed by atoms with Crippen LogP contribution in [0.5, 0.6) is 0 Å². The van der Waals surface area contributed by atoms with Gasteiger partial charge in [0.2, 0.25) is 0 Å². The van der Waals surface area contributed by atoms with Crippen LogP contribution in [0.1, 0.15) is 20.3 Å². The van der Waals surface area contributed by atoms with Crippen molar-refractivity contribution in [3.05, 3.63) is 22.2 Å². The number of aromatic nitrogens is 1. The van der Waals surface area contributed by atoms with Gasteiger partial charge in [0, 0.05) is 20.1 Å². The summed E-state index contributed by atoms with van der Waals surface area (Å²) in [6.45, 7) is 4.97. The van der Waals surface area contributed by atoms with Crippen molar-refractivity contribution >= 4 is 17.3 Å². The summed E-state index contributed by atoms with van der Waals surface area (Å²) in [5.41, 5.74) is -0.00920. The van der Waals surface area contributed by atoms with E-state index in [0.29, 0.717) is 24.7 Å². The van der Waals surface area contributed by atoms with Crippen molar-refractivity contribution in [2.24, 2.45) is 5.92 Å². The van der Waals surface area contributed by atoms with E-state index in [1.165, 1.54) is 12.1 Å². The second-order valence-electron chi connectivity index (χ2n) is 4.66. The van der Waals surface area contributed by atoms with Gasteiger partial charge < -0.3 is 10.2 Å². The van der Waals surface area contributed by atoms with Crippen LogP contribution in [0.25, 0.3) is 0 Å². The second-order valence-corrected chi connectivity index (χ2v) is 4.66.